The van der Waals surface area contributed by atoms with Gasteiger partial charge in [-0.15, -0.1) is 0 Å². The molecule has 0 spiro atoms. The summed E-state index contributed by atoms with van der Waals surface area (Å²) in [6.07, 6.45) is 4.84. The average molecular weight is 178 g/mol. The van der Waals surface area contributed by atoms with Gasteiger partial charge in [0.2, 0.25) is 0 Å². The standard InChI is InChI=1S/C11H18N2/c1-4-9(2)13-10(3)11-5-7-12-8-6-11/h5-10,13H,4H2,1-3H3/t9?,10-/m1/s1. The van der Waals surface area contributed by atoms with Gasteiger partial charge < -0.3 is 5.32 Å². The maximum Gasteiger partial charge on any atom is 0.0295 e. The lowest BCUT2D eigenvalue weighted by atomic mass is 10.1. The summed E-state index contributed by atoms with van der Waals surface area (Å²) >= 11 is 0. The third-order valence-electron chi connectivity index (χ3n) is 2.35. The molecule has 0 saturated heterocycles. The minimum atomic E-state index is 0.415. The van der Waals surface area contributed by atoms with Crippen LogP contribution in [-0.2, 0) is 0 Å². The zero-order valence-corrected chi connectivity index (χ0v) is 8.62. The van der Waals surface area contributed by atoms with Crippen molar-refractivity contribution in [1.82, 2.24) is 10.3 Å². The Hall–Kier alpha value is -0.890. The summed E-state index contributed by atoms with van der Waals surface area (Å²) in [4.78, 5) is 4.00. The molecule has 1 heterocycles. The van der Waals surface area contributed by atoms with E-state index in [2.05, 4.69) is 43.2 Å². The zero-order valence-electron chi connectivity index (χ0n) is 8.62. The summed E-state index contributed by atoms with van der Waals surface area (Å²) < 4.78 is 0. The third-order valence-corrected chi connectivity index (χ3v) is 2.35. The fraction of sp³-hybridized carbons (Fsp3) is 0.545. The molecule has 1 aromatic heterocycles. The van der Waals surface area contributed by atoms with Gasteiger partial charge in [-0.25, -0.2) is 0 Å². The molecule has 1 rings (SSSR count). The van der Waals surface area contributed by atoms with Crippen LogP contribution in [-0.4, -0.2) is 11.0 Å². The van der Waals surface area contributed by atoms with Crippen LogP contribution < -0.4 is 5.32 Å². The molecule has 2 nitrogen and oxygen atoms in total. The highest BCUT2D eigenvalue weighted by atomic mass is 14.9. The first-order chi connectivity index (χ1) is 6.24. The Morgan fingerprint density at radius 2 is 1.92 bits per heavy atom. The zero-order chi connectivity index (χ0) is 9.68. The van der Waals surface area contributed by atoms with Gasteiger partial charge in [-0.05, 0) is 38.0 Å². The quantitative estimate of drug-likeness (QED) is 0.766. The van der Waals surface area contributed by atoms with Crippen LogP contribution in [0.25, 0.3) is 0 Å². The molecular weight excluding hydrogens is 160 g/mol. The van der Waals surface area contributed by atoms with E-state index in [1.54, 1.807) is 0 Å². The summed E-state index contributed by atoms with van der Waals surface area (Å²) in [6, 6.07) is 5.10. The number of hydrogen-bond donors (Lipinski definition) is 1. The maximum absolute atomic E-state index is 4.00. The van der Waals surface area contributed by atoms with Crippen molar-refractivity contribution in [2.24, 2.45) is 0 Å². The molecule has 2 atom stereocenters. The van der Waals surface area contributed by atoms with Crippen molar-refractivity contribution in [3.63, 3.8) is 0 Å². The predicted molar refractivity (Wildman–Crippen MR) is 55.5 cm³/mol. The van der Waals surface area contributed by atoms with Crippen LogP contribution in [0, 0.1) is 0 Å². The van der Waals surface area contributed by atoms with Crippen LogP contribution in [0.1, 0.15) is 38.8 Å². The van der Waals surface area contributed by atoms with Gasteiger partial charge in [-0.2, -0.15) is 0 Å². The van der Waals surface area contributed by atoms with E-state index >= 15 is 0 Å². The van der Waals surface area contributed by atoms with Crippen molar-refractivity contribution < 1.29 is 0 Å². The van der Waals surface area contributed by atoms with Crippen molar-refractivity contribution in [2.45, 2.75) is 39.3 Å². The van der Waals surface area contributed by atoms with Gasteiger partial charge in [0.15, 0.2) is 0 Å². The first kappa shape index (κ1) is 10.2. The summed E-state index contributed by atoms with van der Waals surface area (Å²) in [5.41, 5.74) is 1.30. The van der Waals surface area contributed by atoms with Crippen LogP contribution >= 0.6 is 0 Å². The molecule has 0 fully saturated rings. The second kappa shape index (κ2) is 4.97. The second-order valence-electron chi connectivity index (χ2n) is 3.48. The molecule has 0 amide bonds. The Balaban J connectivity index is 2.53. The fourth-order valence-electron chi connectivity index (χ4n) is 1.29. The van der Waals surface area contributed by atoms with E-state index in [4.69, 9.17) is 0 Å². The molecule has 1 N–H and O–H groups in total. The lowest BCUT2D eigenvalue weighted by Crippen LogP contribution is -2.28. The van der Waals surface area contributed by atoms with Crippen molar-refractivity contribution in [3.8, 4) is 0 Å². The molecule has 0 radical (unpaired) electrons. The van der Waals surface area contributed by atoms with Crippen LogP contribution in [0.2, 0.25) is 0 Å². The number of nitrogens with zero attached hydrogens (tertiary/aromatic N) is 1. The number of aromatic nitrogens is 1. The van der Waals surface area contributed by atoms with Crippen LogP contribution in [0.5, 0.6) is 0 Å². The molecule has 2 heteroatoms. The van der Waals surface area contributed by atoms with E-state index in [1.165, 1.54) is 5.56 Å². The molecule has 0 aromatic carbocycles. The van der Waals surface area contributed by atoms with Gasteiger partial charge in [-0.3, -0.25) is 4.98 Å². The van der Waals surface area contributed by atoms with Gasteiger partial charge in [-0.1, -0.05) is 6.92 Å². The van der Waals surface area contributed by atoms with E-state index in [1.807, 2.05) is 12.4 Å². The summed E-state index contributed by atoms with van der Waals surface area (Å²) in [7, 11) is 0. The number of nitrogens with one attached hydrogen (secondary N) is 1. The van der Waals surface area contributed by atoms with Gasteiger partial charge in [0.1, 0.15) is 0 Å². The first-order valence-corrected chi connectivity index (χ1v) is 4.90. The summed E-state index contributed by atoms with van der Waals surface area (Å²) in [5.74, 6) is 0. The molecule has 72 valence electrons. The monoisotopic (exact) mass is 178 g/mol. The topological polar surface area (TPSA) is 24.9 Å². The van der Waals surface area contributed by atoms with E-state index in [0.29, 0.717) is 12.1 Å². The maximum atomic E-state index is 4.00. The Bertz CT molecular complexity index is 233. The Morgan fingerprint density at radius 3 is 2.46 bits per heavy atom. The highest BCUT2D eigenvalue weighted by Gasteiger charge is 2.06. The van der Waals surface area contributed by atoms with Crippen molar-refractivity contribution in [2.75, 3.05) is 0 Å². The van der Waals surface area contributed by atoms with Crippen molar-refractivity contribution in [3.05, 3.63) is 30.1 Å². The largest absolute Gasteiger partial charge is 0.308 e. The highest BCUT2D eigenvalue weighted by Crippen LogP contribution is 2.11. The van der Waals surface area contributed by atoms with Crippen molar-refractivity contribution >= 4 is 0 Å². The fourth-order valence-corrected chi connectivity index (χ4v) is 1.29. The molecule has 0 saturated carbocycles. The Morgan fingerprint density at radius 1 is 1.31 bits per heavy atom. The van der Waals surface area contributed by atoms with E-state index in [9.17, 15) is 0 Å². The SMILES string of the molecule is CCC(C)N[C@H](C)c1ccncc1. The molecule has 0 bridgehead atoms. The molecule has 13 heavy (non-hydrogen) atoms. The molecule has 0 aliphatic rings. The Kier molecular flexibility index (Phi) is 3.90. The van der Waals surface area contributed by atoms with Crippen molar-refractivity contribution in [1.29, 1.82) is 0 Å². The van der Waals surface area contributed by atoms with Crippen LogP contribution in [0.4, 0.5) is 0 Å². The summed E-state index contributed by atoms with van der Waals surface area (Å²) in [6.45, 7) is 6.58. The third kappa shape index (κ3) is 3.15. The normalized spacial score (nSPS) is 15.3. The smallest absolute Gasteiger partial charge is 0.0295 e. The van der Waals surface area contributed by atoms with E-state index in [0.717, 1.165) is 6.42 Å². The average Bonchev–Trinajstić information content (AvgIpc) is 2.19. The lowest BCUT2D eigenvalue weighted by molar-refractivity contribution is 0.469. The number of rotatable bonds is 4. The van der Waals surface area contributed by atoms with Crippen LogP contribution in [0.15, 0.2) is 24.5 Å². The van der Waals surface area contributed by atoms with E-state index in [-0.39, 0.29) is 0 Å². The van der Waals surface area contributed by atoms with Gasteiger partial charge in [0, 0.05) is 24.5 Å². The molecular formula is C11H18N2. The first-order valence-electron chi connectivity index (χ1n) is 4.90. The summed E-state index contributed by atoms with van der Waals surface area (Å²) in [5, 5.41) is 3.52. The Labute approximate surface area is 80.4 Å². The molecule has 1 aromatic rings. The number of pyridine rings is 1. The molecule has 0 aliphatic heterocycles. The lowest BCUT2D eigenvalue weighted by Gasteiger charge is -2.18. The minimum Gasteiger partial charge on any atom is -0.308 e. The molecule has 1 unspecified atom stereocenters. The number of hydrogen-bond acceptors (Lipinski definition) is 2. The van der Waals surface area contributed by atoms with Gasteiger partial charge >= 0.3 is 0 Å². The molecule has 0 aliphatic carbocycles. The highest BCUT2D eigenvalue weighted by molar-refractivity contribution is 5.13. The predicted octanol–water partition coefficient (Wildman–Crippen LogP) is 2.53. The second-order valence-corrected chi connectivity index (χ2v) is 3.48. The van der Waals surface area contributed by atoms with Gasteiger partial charge in [0.05, 0.1) is 0 Å². The van der Waals surface area contributed by atoms with Crippen LogP contribution in [0.3, 0.4) is 0 Å². The van der Waals surface area contributed by atoms with Gasteiger partial charge in [0.25, 0.3) is 0 Å². The minimum absolute atomic E-state index is 0.415. The van der Waals surface area contributed by atoms with E-state index < -0.39 is 0 Å².